The molecule has 1 aromatic carbocycles. The maximum atomic E-state index is 6.17. The average Bonchev–Trinajstić information content (AvgIpc) is 2.74. The molecule has 0 amide bonds. The SMILES string of the molecule is Cc1nccc2[nH]c(-c3c(Cl)cccc3Cl)nc12. The van der Waals surface area contributed by atoms with Crippen molar-refractivity contribution in [3.8, 4) is 11.4 Å². The smallest absolute Gasteiger partial charge is 0.141 e. The molecule has 0 saturated heterocycles. The molecule has 1 N–H and O–H groups in total. The Morgan fingerprint density at radius 1 is 1.11 bits per heavy atom. The van der Waals surface area contributed by atoms with Gasteiger partial charge in [0.05, 0.1) is 26.8 Å². The number of hydrogen-bond acceptors (Lipinski definition) is 2. The number of aromatic nitrogens is 3. The van der Waals surface area contributed by atoms with Gasteiger partial charge in [-0.1, -0.05) is 29.3 Å². The highest BCUT2D eigenvalue weighted by Crippen LogP contribution is 2.33. The van der Waals surface area contributed by atoms with Crippen molar-refractivity contribution in [1.29, 1.82) is 0 Å². The van der Waals surface area contributed by atoms with Gasteiger partial charge in [0.2, 0.25) is 0 Å². The Morgan fingerprint density at radius 3 is 2.50 bits per heavy atom. The van der Waals surface area contributed by atoms with E-state index in [-0.39, 0.29) is 0 Å². The summed E-state index contributed by atoms with van der Waals surface area (Å²) >= 11 is 12.3. The van der Waals surface area contributed by atoms with E-state index in [9.17, 15) is 0 Å². The molecule has 3 rings (SSSR count). The van der Waals surface area contributed by atoms with Crippen LogP contribution in [-0.2, 0) is 0 Å². The highest BCUT2D eigenvalue weighted by molar-refractivity contribution is 6.39. The predicted octanol–water partition coefficient (Wildman–Crippen LogP) is 4.24. The Morgan fingerprint density at radius 2 is 1.83 bits per heavy atom. The molecule has 0 aliphatic rings. The van der Waals surface area contributed by atoms with Crippen LogP contribution in [0.3, 0.4) is 0 Å². The molecule has 0 radical (unpaired) electrons. The number of hydrogen-bond donors (Lipinski definition) is 1. The molecule has 2 heterocycles. The molecule has 0 spiro atoms. The molecule has 5 heteroatoms. The Balaban J connectivity index is 2.30. The van der Waals surface area contributed by atoms with Crippen LogP contribution in [0.4, 0.5) is 0 Å². The van der Waals surface area contributed by atoms with Gasteiger partial charge in [-0.15, -0.1) is 0 Å². The van der Waals surface area contributed by atoms with Gasteiger partial charge in [0.25, 0.3) is 0 Å². The van der Waals surface area contributed by atoms with Crippen LogP contribution in [0.2, 0.25) is 10.0 Å². The first-order valence-electron chi connectivity index (χ1n) is 5.42. The van der Waals surface area contributed by atoms with Crippen LogP contribution in [0.25, 0.3) is 22.4 Å². The maximum Gasteiger partial charge on any atom is 0.141 e. The third-order valence-corrected chi connectivity index (χ3v) is 3.41. The van der Waals surface area contributed by atoms with Crippen LogP contribution < -0.4 is 0 Å². The molecule has 3 nitrogen and oxygen atoms in total. The molecule has 0 bridgehead atoms. The monoisotopic (exact) mass is 277 g/mol. The Kier molecular flexibility index (Phi) is 2.73. The first-order chi connectivity index (χ1) is 8.66. The molecule has 0 aliphatic heterocycles. The molecule has 3 aromatic rings. The second-order valence-electron chi connectivity index (χ2n) is 3.97. The fraction of sp³-hybridized carbons (Fsp3) is 0.0769. The standard InChI is InChI=1S/C13H9Cl2N3/c1-7-12-10(5-6-16-7)17-13(18-12)11-8(14)3-2-4-9(11)15/h2-6H,1H3,(H,17,18). The quantitative estimate of drug-likeness (QED) is 0.723. The second-order valence-corrected chi connectivity index (χ2v) is 4.79. The number of rotatable bonds is 1. The van der Waals surface area contributed by atoms with Crippen molar-refractivity contribution in [2.75, 3.05) is 0 Å². The van der Waals surface area contributed by atoms with E-state index < -0.39 is 0 Å². The Hall–Kier alpha value is -1.58. The number of pyridine rings is 1. The molecule has 0 saturated carbocycles. The van der Waals surface area contributed by atoms with E-state index in [0.717, 1.165) is 22.3 Å². The van der Waals surface area contributed by atoms with Gasteiger partial charge in [0.1, 0.15) is 11.3 Å². The summed E-state index contributed by atoms with van der Waals surface area (Å²) in [4.78, 5) is 11.9. The number of imidazole rings is 1. The van der Waals surface area contributed by atoms with Crippen molar-refractivity contribution >= 4 is 34.2 Å². The number of nitrogens with zero attached hydrogens (tertiary/aromatic N) is 2. The number of benzene rings is 1. The Bertz CT molecular complexity index is 714. The average molecular weight is 278 g/mol. The normalized spacial score (nSPS) is 11.1. The second kappa shape index (κ2) is 4.26. The van der Waals surface area contributed by atoms with Gasteiger partial charge in [-0.3, -0.25) is 4.98 Å². The summed E-state index contributed by atoms with van der Waals surface area (Å²) in [7, 11) is 0. The van der Waals surface area contributed by atoms with Gasteiger partial charge in [0, 0.05) is 6.20 Å². The highest BCUT2D eigenvalue weighted by atomic mass is 35.5. The lowest BCUT2D eigenvalue weighted by Gasteiger charge is -2.02. The molecule has 0 fully saturated rings. The van der Waals surface area contributed by atoms with Crippen LogP contribution in [0.15, 0.2) is 30.5 Å². The van der Waals surface area contributed by atoms with E-state index in [4.69, 9.17) is 23.2 Å². The number of nitrogens with one attached hydrogen (secondary N) is 1. The summed E-state index contributed by atoms with van der Waals surface area (Å²) in [5, 5.41) is 1.15. The highest BCUT2D eigenvalue weighted by Gasteiger charge is 2.13. The molecule has 0 aliphatic carbocycles. The van der Waals surface area contributed by atoms with Crippen molar-refractivity contribution in [3.05, 3.63) is 46.2 Å². The summed E-state index contributed by atoms with van der Waals surface area (Å²) in [6.07, 6.45) is 1.74. The summed E-state index contributed by atoms with van der Waals surface area (Å²) in [6.45, 7) is 1.92. The van der Waals surface area contributed by atoms with E-state index >= 15 is 0 Å². The number of halogens is 2. The van der Waals surface area contributed by atoms with Crippen LogP contribution in [0, 0.1) is 6.92 Å². The number of aromatic amines is 1. The van der Waals surface area contributed by atoms with Crippen molar-refractivity contribution in [2.45, 2.75) is 6.92 Å². The largest absolute Gasteiger partial charge is 0.338 e. The van der Waals surface area contributed by atoms with Crippen molar-refractivity contribution in [3.63, 3.8) is 0 Å². The zero-order chi connectivity index (χ0) is 12.7. The van der Waals surface area contributed by atoms with Gasteiger partial charge in [-0.25, -0.2) is 4.98 Å². The first kappa shape index (κ1) is 11.5. The fourth-order valence-corrected chi connectivity index (χ4v) is 2.49. The third kappa shape index (κ3) is 1.76. The summed E-state index contributed by atoms with van der Waals surface area (Å²) in [6, 6.07) is 7.27. The molecule has 90 valence electrons. The topological polar surface area (TPSA) is 41.6 Å². The maximum absolute atomic E-state index is 6.17. The van der Waals surface area contributed by atoms with E-state index in [2.05, 4.69) is 15.0 Å². The van der Waals surface area contributed by atoms with E-state index in [1.54, 1.807) is 18.3 Å². The number of H-pyrrole nitrogens is 1. The van der Waals surface area contributed by atoms with E-state index in [1.807, 2.05) is 19.1 Å². The molecule has 0 atom stereocenters. The van der Waals surface area contributed by atoms with Gasteiger partial charge in [0.15, 0.2) is 0 Å². The molecular weight excluding hydrogens is 269 g/mol. The summed E-state index contributed by atoms with van der Waals surface area (Å²) < 4.78 is 0. The summed E-state index contributed by atoms with van der Waals surface area (Å²) in [5.41, 5.74) is 3.35. The molecule has 18 heavy (non-hydrogen) atoms. The van der Waals surface area contributed by atoms with Gasteiger partial charge in [-0.05, 0) is 25.1 Å². The van der Waals surface area contributed by atoms with Crippen LogP contribution in [0.1, 0.15) is 5.69 Å². The van der Waals surface area contributed by atoms with Gasteiger partial charge in [-0.2, -0.15) is 0 Å². The predicted molar refractivity (Wildman–Crippen MR) is 74.1 cm³/mol. The van der Waals surface area contributed by atoms with E-state index in [1.165, 1.54) is 0 Å². The van der Waals surface area contributed by atoms with Crippen LogP contribution in [-0.4, -0.2) is 15.0 Å². The summed E-state index contributed by atoms with van der Waals surface area (Å²) in [5.74, 6) is 0.664. The number of fused-ring (bicyclic) bond motifs is 1. The number of aryl methyl sites for hydroxylation is 1. The Labute approximate surface area is 114 Å². The molecular formula is C13H9Cl2N3. The zero-order valence-corrected chi connectivity index (χ0v) is 11.0. The third-order valence-electron chi connectivity index (χ3n) is 2.78. The van der Waals surface area contributed by atoms with Crippen molar-refractivity contribution in [2.24, 2.45) is 0 Å². The van der Waals surface area contributed by atoms with Crippen molar-refractivity contribution in [1.82, 2.24) is 15.0 Å². The van der Waals surface area contributed by atoms with E-state index in [0.29, 0.717) is 15.9 Å². The van der Waals surface area contributed by atoms with Gasteiger partial charge >= 0.3 is 0 Å². The lowest BCUT2D eigenvalue weighted by Crippen LogP contribution is -1.84. The zero-order valence-electron chi connectivity index (χ0n) is 9.54. The lowest BCUT2D eigenvalue weighted by atomic mass is 10.2. The molecule has 2 aromatic heterocycles. The van der Waals surface area contributed by atoms with Gasteiger partial charge < -0.3 is 4.98 Å². The minimum atomic E-state index is 0.576. The fourth-order valence-electron chi connectivity index (χ4n) is 1.91. The van der Waals surface area contributed by atoms with Crippen LogP contribution >= 0.6 is 23.2 Å². The van der Waals surface area contributed by atoms with Crippen molar-refractivity contribution < 1.29 is 0 Å². The minimum Gasteiger partial charge on any atom is -0.338 e. The molecule has 0 unspecified atom stereocenters. The van der Waals surface area contributed by atoms with Crippen LogP contribution in [0.5, 0.6) is 0 Å². The first-order valence-corrected chi connectivity index (χ1v) is 6.18. The lowest BCUT2D eigenvalue weighted by molar-refractivity contribution is 1.22. The minimum absolute atomic E-state index is 0.576.